The molecule has 0 aliphatic heterocycles. The molecule has 0 rings (SSSR count). The van der Waals surface area contributed by atoms with Gasteiger partial charge in [-0.25, -0.2) is 0 Å². The number of aliphatic carboxylic acids is 1. The molecule has 0 amide bonds. The van der Waals surface area contributed by atoms with E-state index < -0.39 is 20.2 Å². The van der Waals surface area contributed by atoms with Crippen LogP contribution in [0.15, 0.2) is 0 Å². The molecule has 3 nitrogen and oxygen atoms in total. The normalized spacial score (nSPS) is 15.3. The molecular formula is C10H22O3Si. The van der Waals surface area contributed by atoms with Crippen molar-refractivity contribution in [3.63, 3.8) is 0 Å². The fourth-order valence-electron chi connectivity index (χ4n) is 0.621. The van der Waals surface area contributed by atoms with Crippen LogP contribution in [0.4, 0.5) is 0 Å². The Labute approximate surface area is 87.6 Å². The topological polar surface area (TPSA) is 46.5 Å². The molecule has 0 spiro atoms. The predicted octanol–water partition coefficient (Wildman–Crippen LogP) is 2.73. The Hall–Kier alpha value is -0.353. The SMILES string of the molecule is C[C@H](CO[Si](C)(C)C(C)(C)C)C(=O)O. The molecule has 0 heterocycles. The van der Waals surface area contributed by atoms with Crippen LogP contribution < -0.4 is 0 Å². The number of carboxylic acid groups (broad SMARTS) is 1. The molecule has 0 bridgehead atoms. The van der Waals surface area contributed by atoms with E-state index in [9.17, 15) is 4.79 Å². The van der Waals surface area contributed by atoms with Crippen molar-refractivity contribution in [2.75, 3.05) is 6.61 Å². The van der Waals surface area contributed by atoms with Gasteiger partial charge in [0.15, 0.2) is 8.32 Å². The van der Waals surface area contributed by atoms with Crippen molar-refractivity contribution in [2.45, 2.75) is 45.8 Å². The van der Waals surface area contributed by atoms with Crippen molar-refractivity contribution in [2.24, 2.45) is 5.92 Å². The van der Waals surface area contributed by atoms with Gasteiger partial charge in [0.1, 0.15) is 0 Å². The Morgan fingerprint density at radius 3 is 2.14 bits per heavy atom. The van der Waals surface area contributed by atoms with E-state index in [1.54, 1.807) is 6.92 Å². The van der Waals surface area contributed by atoms with Gasteiger partial charge in [-0.1, -0.05) is 20.8 Å². The minimum Gasteiger partial charge on any atom is -0.481 e. The molecule has 1 N–H and O–H groups in total. The highest BCUT2D eigenvalue weighted by Crippen LogP contribution is 2.36. The number of carbonyl (C=O) groups is 1. The maximum Gasteiger partial charge on any atom is 0.308 e. The fraction of sp³-hybridized carbons (Fsp3) is 0.900. The van der Waals surface area contributed by atoms with Crippen LogP contribution in [0.5, 0.6) is 0 Å². The first-order chi connectivity index (χ1) is 6.08. The molecule has 0 aromatic rings. The van der Waals surface area contributed by atoms with E-state index in [-0.39, 0.29) is 5.04 Å². The van der Waals surface area contributed by atoms with Gasteiger partial charge in [-0.3, -0.25) is 4.79 Å². The molecule has 0 radical (unpaired) electrons. The monoisotopic (exact) mass is 218 g/mol. The second-order valence-corrected chi connectivity index (χ2v) is 10.1. The molecule has 14 heavy (non-hydrogen) atoms. The molecule has 4 heteroatoms. The van der Waals surface area contributed by atoms with Crippen molar-refractivity contribution < 1.29 is 14.3 Å². The predicted molar refractivity (Wildman–Crippen MR) is 59.9 cm³/mol. The number of carboxylic acids is 1. The lowest BCUT2D eigenvalue weighted by Crippen LogP contribution is -2.42. The zero-order valence-corrected chi connectivity index (χ0v) is 11.0. The van der Waals surface area contributed by atoms with Gasteiger partial charge in [0, 0.05) is 6.61 Å². The Kier molecular flexibility index (Phi) is 4.33. The third-order valence-electron chi connectivity index (χ3n) is 2.92. The van der Waals surface area contributed by atoms with Crippen LogP contribution in [-0.2, 0) is 9.22 Å². The Balaban J connectivity index is 4.20. The summed E-state index contributed by atoms with van der Waals surface area (Å²) in [5.74, 6) is -1.20. The average molecular weight is 218 g/mol. The molecule has 0 saturated heterocycles. The summed E-state index contributed by atoms with van der Waals surface area (Å²) in [6.45, 7) is 12.7. The van der Waals surface area contributed by atoms with E-state index >= 15 is 0 Å². The number of hydrogen-bond acceptors (Lipinski definition) is 2. The minimum absolute atomic E-state index is 0.144. The van der Waals surface area contributed by atoms with E-state index in [1.165, 1.54) is 0 Å². The van der Waals surface area contributed by atoms with Crippen LogP contribution in [0.2, 0.25) is 18.1 Å². The summed E-state index contributed by atoms with van der Waals surface area (Å²) in [5, 5.41) is 8.86. The zero-order chi connectivity index (χ0) is 11.6. The highest BCUT2D eigenvalue weighted by Gasteiger charge is 2.37. The summed E-state index contributed by atoms with van der Waals surface area (Å²) < 4.78 is 5.78. The van der Waals surface area contributed by atoms with Crippen LogP contribution >= 0.6 is 0 Å². The largest absolute Gasteiger partial charge is 0.481 e. The zero-order valence-electron chi connectivity index (χ0n) is 10.0. The minimum atomic E-state index is -1.78. The van der Waals surface area contributed by atoms with E-state index in [1.807, 2.05) is 0 Å². The highest BCUT2D eigenvalue weighted by molar-refractivity contribution is 6.74. The lowest BCUT2D eigenvalue weighted by Gasteiger charge is -2.36. The van der Waals surface area contributed by atoms with Crippen LogP contribution in [0, 0.1) is 5.92 Å². The van der Waals surface area contributed by atoms with Crippen molar-refractivity contribution >= 4 is 14.3 Å². The second kappa shape index (κ2) is 4.44. The first kappa shape index (κ1) is 13.6. The first-order valence-electron chi connectivity index (χ1n) is 4.94. The lowest BCUT2D eigenvalue weighted by atomic mass is 10.2. The standard InChI is InChI=1S/C10H22O3Si/c1-8(9(11)12)7-13-14(5,6)10(2,3)4/h8H,7H2,1-6H3,(H,11,12)/t8-/m1/s1. The molecular weight excluding hydrogens is 196 g/mol. The van der Waals surface area contributed by atoms with Gasteiger partial charge in [-0.05, 0) is 25.1 Å². The van der Waals surface area contributed by atoms with Crippen LogP contribution in [0.25, 0.3) is 0 Å². The molecule has 0 unspecified atom stereocenters. The van der Waals surface area contributed by atoms with Crippen LogP contribution in [0.1, 0.15) is 27.7 Å². The van der Waals surface area contributed by atoms with Gasteiger partial charge >= 0.3 is 5.97 Å². The summed E-state index contributed by atoms with van der Waals surface area (Å²) in [5.41, 5.74) is 0. The first-order valence-corrected chi connectivity index (χ1v) is 7.85. The summed E-state index contributed by atoms with van der Waals surface area (Å²) >= 11 is 0. The molecule has 1 atom stereocenters. The summed E-state index contributed by atoms with van der Waals surface area (Å²) in [6, 6.07) is 0. The van der Waals surface area contributed by atoms with Crippen molar-refractivity contribution in [1.82, 2.24) is 0 Å². The van der Waals surface area contributed by atoms with Gasteiger partial charge < -0.3 is 9.53 Å². The molecule has 0 aliphatic carbocycles. The Bertz CT molecular complexity index is 206. The van der Waals surface area contributed by atoms with Crippen LogP contribution in [-0.4, -0.2) is 26.0 Å². The third-order valence-corrected chi connectivity index (χ3v) is 7.42. The highest BCUT2D eigenvalue weighted by atomic mass is 28.4. The average Bonchev–Trinajstić information content (AvgIpc) is 1.97. The quantitative estimate of drug-likeness (QED) is 0.738. The summed E-state index contributed by atoms with van der Waals surface area (Å²) in [6.07, 6.45) is 0. The van der Waals surface area contributed by atoms with Crippen molar-refractivity contribution in [3.05, 3.63) is 0 Å². The van der Waals surface area contributed by atoms with Crippen molar-refractivity contribution in [1.29, 1.82) is 0 Å². The maximum atomic E-state index is 10.6. The van der Waals surface area contributed by atoms with Crippen LogP contribution in [0.3, 0.4) is 0 Å². The summed E-state index contributed by atoms with van der Waals surface area (Å²) in [7, 11) is -1.78. The maximum absolute atomic E-state index is 10.6. The van der Waals surface area contributed by atoms with E-state index in [0.29, 0.717) is 6.61 Å². The van der Waals surface area contributed by atoms with Gasteiger partial charge in [0.25, 0.3) is 0 Å². The van der Waals surface area contributed by atoms with E-state index in [4.69, 9.17) is 9.53 Å². The number of hydrogen-bond donors (Lipinski definition) is 1. The Morgan fingerprint density at radius 2 is 1.86 bits per heavy atom. The van der Waals surface area contributed by atoms with Gasteiger partial charge in [0.2, 0.25) is 0 Å². The molecule has 0 aliphatic rings. The Morgan fingerprint density at radius 1 is 1.43 bits per heavy atom. The second-order valence-electron chi connectivity index (χ2n) is 5.31. The van der Waals surface area contributed by atoms with Crippen molar-refractivity contribution in [3.8, 4) is 0 Å². The van der Waals surface area contributed by atoms with Gasteiger partial charge in [0.05, 0.1) is 5.92 Å². The molecule has 84 valence electrons. The fourth-order valence-corrected chi connectivity index (χ4v) is 1.72. The number of rotatable bonds is 4. The van der Waals surface area contributed by atoms with Gasteiger partial charge in [-0.15, -0.1) is 0 Å². The smallest absolute Gasteiger partial charge is 0.308 e. The molecule has 0 saturated carbocycles. The third kappa shape index (κ3) is 3.80. The van der Waals surface area contributed by atoms with E-state index in [0.717, 1.165) is 0 Å². The van der Waals surface area contributed by atoms with Gasteiger partial charge in [-0.2, -0.15) is 0 Å². The molecule has 0 aromatic carbocycles. The lowest BCUT2D eigenvalue weighted by molar-refractivity contribution is -0.142. The molecule has 0 aromatic heterocycles. The molecule has 0 fully saturated rings. The summed E-state index contributed by atoms with van der Waals surface area (Å²) in [4.78, 5) is 10.6. The van der Waals surface area contributed by atoms with E-state index in [2.05, 4.69) is 33.9 Å².